The summed E-state index contributed by atoms with van der Waals surface area (Å²) in [7, 11) is -1.32. The lowest BCUT2D eigenvalue weighted by atomic mass is 10.2. The summed E-state index contributed by atoms with van der Waals surface area (Å²) in [4.78, 5) is -1.80. The van der Waals surface area contributed by atoms with E-state index in [9.17, 15) is 0 Å². The normalized spacial score (nSPS) is 49.6. The van der Waals surface area contributed by atoms with Crippen LogP contribution < -0.4 is 11.5 Å². The van der Waals surface area contributed by atoms with Crippen LogP contribution >= 0.6 is 23.2 Å². The zero-order chi connectivity index (χ0) is 8.91. The van der Waals surface area contributed by atoms with E-state index in [2.05, 4.69) is 13.1 Å². The molecular formula is C6H14Cl2N2Si. The first-order valence-electron chi connectivity index (χ1n) is 3.62. The summed E-state index contributed by atoms with van der Waals surface area (Å²) in [5.74, 6) is 0. The standard InChI is InChI=1S/C6H14Cl2N2Si/c1-11(2)3-5(7,9)6(8,10)4-11/h3-4,9-10H2,1-2H3/t5-,6-/m1/s1. The highest BCUT2D eigenvalue weighted by atomic mass is 35.5. The number of hydrogen-bond donors (Lipinski definition) is 2. The van der Waals surface area contributed by atoms with E-state index in [-0.39, 0.29) is 0 Å². The molecule has 1 heterocycles. The van der Waals surface area contributed by atoms with Crippen LogP contribution in [-0.2, 0) is 0 Å². The smallest absolute Gasteiger partial charge is 0.121 e. The highest BCUT2D eigenvalue weighted by Crippen LogP contribution is 2.47. The first kappa shape index (κ1) is 9.80. The maximum Gasteiger partial charge on any atom is 0.121 e. The Balaban J connectivity index is 2.89. The minimum absolute atomic E-state index is 0.793. The van der Waals surface area contributed by atoms with E-state index < -0.39 is 18.1 Å². The van der Waals surface area contributed by atoms with Gasteiger partial charge in [0.1, 0.15) is 10.00 Å². The van der Waals surface area contributed by atoms with Crippen LogP contribution in [0.15, 0.2) is 0 Å². The van der Waals surface area contributed by atoms with Crippen LogP contribution in [0.25, 0.3) is 0 Å². The molecule has 0 amide bonds. The third kappa shape index (κ3) is 1.73. The SMILES string of the molecule is C[Si]1(C)C[C@](N)(Cl)[C@@](N)(Cl)C1. The summed E-state index contributed by atoms with van der Waals surface area (Å²) >= 11 is 12.0. The van der Waals surface area contributed by atoms with E-state index in [0.717, 1.165) is 12.1 Å². The second-order valence-corrected chi connectivity index (χ2v) is 10.6. The van der Waals surface area contributed by atoms with Gasteiger partial charge in [0.2, 0.25) is 0 Å². The third-order valence-corrected chi connectivity index (χ3v) is 6.68. The summed E-state index contributed by atoms with van der Waals surface area (Å²) in [6.45, 7) is 4.40. The zero-order valence-electron chi connectivity index (χ0n) is 6.82. The van der Waals surface area contributed by atoms with Gasteiger partial charge in [-0.3, -0.25) is 0 Å². The van der Waals surface area contributed by atoms with E-state index in [1.807, 2.05) is 0 Å². The lowest BCUT2D eigenvalue weighted by molar-refractivity contribution is 0.514. The summed E-state index contributed by atoms with van der Waals surface area (Å²) in [6.07, 6.45) is 0. The van der Waals surface area contributed by atoms with E-state index >= 15 is 0 Å². The summed E-state index contributed by atoms with van der Waals surface area (Å²) in [5.41, 5.74) is 11.5. The van der Waals surface area contributed by atoms with E-state index in [4.69, 9.17) is 34.7 Å². The lowest BCUT2D eigenvalue weighted by Gasteiger charge is -2.28. The molecule has 0 aromatic heterocycles. The Morgan fingerprint density at radius 3 is 1.45 bits per heavy atom. The first-order valence-corrected chi connectivity index (χ1v) is 7.79. The molecule has 66 valence electrons. The predicted octanol–water partition coefficient (Wildman–Crippen LogP) is 1.50. The number of rotatable bonds is 0. The molecule has 0 radical (unpaired) electrons. The molecule has 5 heteroatoms. The Labute approximate surface area is 78.2 Å². The van der Waals surface area contributed by atoms with Gasteiger partial charge in [-0.05, 0) is 12.1 Å². The average molecular weight is 213 g/mol. The van der Waals surface area contributed by atoms with Gasteiger partial charge >= 0.3 is 0 Å². The second-order valence-electron chi connectivity index (χ2n) is 4.24. The molecule has 0 aromatic rings. The molecule has 2 nitrogen and oxygen atoms in total. The highest BCUT2D eigenvalue weighted by Gasteiger charge is 2.56. The molecule has 0 unspecified atom stereocenters. The fraction of sp³-hybridized carbons (Fsp3) is 1.00. The third-order valence-electron chi connectivity index (χ3n) is 2.16. The van der Waals surface area contributed by atoms with Crippen molar-refractivity contribution < 1.29 is 0 Å². The summed E-state index contributed by atoms with van der Waals surface area (Å²) in [5, 5.41) is 0. The molecule has 1 saturated heterocycles. The van der Waals surface area contributed by atoms with Crippen molar-refractivity contribution in [3.8, 4) is 0 Å². The van der Waals surface area contributed by atoms with Crippen molar-refractivity contribution in [2.75, 3.05) is 0 Å². The van der Waals surface area contributed by atoms with Crippen molar-refractivity contribution in [2.45, 2.75) is 35.2 Å². The Hall–Kier alpha value is 0.717. The van der Waals surface area contributed by atoms with Crippen molar-refractivity contribution in [1.82, 2.24) is 0 Å². The molecule has 4 N–H and O–H groups in total. The quantitative estimate of drug-likeness (QED) is 0.364. The predicted molar refractivity (Wildman–Crippen MR) is 52.6 cm³/mol. The molecule has 1 rings (SSSR count). The monoisotopic (exact) mass is 212 g/mol. The van der Waals surface area contributed by atoms with Crippen molar-refractivity contribution in [3.63, 3.8) is 0 Å². The molecule has 11 heavy (non-hydrogen) atoms. The molecule has 1 aliphatic heterocycles. The lowest BCUT2D eigenvalue weighted by Crippen LogP contribution is -2.54. The number of halogens is 2. The van der Waals surface area contributed by atoms with Crippen LogP contribution in [0.5, 0.6) is 0 Å². The number of alkyl halides is 2. The maximum absolute atomic E-state index is 6.00. The van der Waals surface area contributed by atoms with Crippen LogP contribution in [-0.4, -0.2) is 18.1 Å². The fourth-order valence-corrected chi connectivity index (χ4v) is 7.82. The molecule has 0 spiro atoms. The van der Waals surface area contributed by atoms with Gasteiger partial charge in [0.05, 0.1) is 8.07 Å². The van der Waals surface area contributed by atoms with E-state index in [0.29, 0.717) is 0 Å². The second kappa shape index (κ2) is 2.36. The van der Waals surface area contributed by atoms with Gasteiger partial charge < -0.3 is 11.5 Å². The van der Waals surface area contributed by atoms with Crippen LogP contribution in [0, 0.1) is 0 Å². The van der Waals surface area contributed by atoms with Crippen LogP contribution in [0.3, 0.4) is 0 Å². The van der Waals surface area contributed by atoms with Crippen molar-refractivity contribution in [3.05, 3.63) is 0 Å². The average Bonchev–Trinajstić information content (AvgIpc) is 1.66. The van der Waals surface area contributed by atoms with Gasteiger partial charge in [0.15, 0.2) is 0 Å². The van der Waals surface area contributed by atoms with Crippen LogP contribution in [0.2, 0.25) is 25.2 Å². The Morgan fingerprint density at radius 1 is 1.09 bits per heavy atom. The molecule has 0 saturated carbocycles. The molecule has 2 atom stereocenters. The Kier molecular flexibility index (Phi) is 2.10. The topological polar surface area (TPSA) is 52.0 Å². The minimum Gasteiger partial charge on any atom is -0.310 e. The van der Waals surface area contributed by atoms with Crippen LogP contribution in [0.4, 0.5) is 0 Å². The highest BCUT2D eigenvalue weighted by molar-refractivity contribution is 6.81. The van der Waals surface area contributed by atoms with Gasteiger partial charge in [0, 0.05) is 0 Å². The van der Waals surface area contributed by atoms with Gasteiger partial charge in [-0.2, -0.15) is 0 Å². The van der Waals surface area contributed by atoms with E-state index in [1.54, 1.807) is 0 Å². The molecule has 1 aliphatic rings. The van der Waals surface area contributed by atoms with Gasteiger partial charge in [-0.25, -0.2) is 0 Å². The summed E-state index contributed by atoms with van der Waals surface area (Å²) in [6, 6.07) is 1.59. The van der Waals surface area contributed by atoms with Crippen molar-refractivity contribution in [2.24, 2.45) is 11.5 Å². The zero-order valence-corrected chi connectivity index (χ0v) is 9.34. The number of hydrogen-bond acceptors (Lipinski definition) is 2. The molecule has 0 aromatic carbocycles. The fourth-order valence-electron chi connectivity index (χ4n) is 1.75. The van der Waals surface area contributed by atoms with Crippen molar-refractivity contribution in [1.29, 1.82) is 0 Å². The van der Waals surface area contributed by atoms with Crippen molar-refractivity contribution >= 4 is 31.3 Å². The number of nitrogens with two attached hydrogens (primary N) is 2. The molecule has 0 bridgehead atoms. The first-order chi connectivity index (χ1) is 4.66. The molecule has 1 fully saturated rings. The Bertz CT molecular complexity index is 161. The molecule has 0 aliphatic carbocycles. The molecular weight excluding hydrogens is 199 g/mol. The minimum atomic E-state index is -1.32. The van der Waals surface area contributed by atoms with Crippen LogP contribution in [0.1, 0.15) is 0 Å². The van der Waals surface area contributed by atoms with Gasteiger partial charge in [-0.1, -0.05) is 36.3 Å². The summed E-state index contributed by atoms with van der Waals surface area (Å²) < 4.78 is 0. The van der Waals surface area contributed by atoms with Gasteiger partial charge in [-0.15, -0.1) is 0 Å². The van der Waals surface area contributed by atoms with Gasteiger partial charge in [0.25, 0.3) is 0 Å². The largest absolute Gasteiger partial charge is 0.310 e. The maximum atomic E-state index is 6.00. The Morgan fingerprint density at radius 2 is 1.36 bits per heavy atom. The van der Waals surface area contributed by atoms with E-state index in [1.165, 1.54) is 0 Å².